The van der Waals surface area contributed by atoms with E-state index in [1.54, 1.807) is 30.5 Å². The van der Waals surface area contributed by atoms with Gasteiger partial charge in [-0.15, -0.1) is 0 Å². The minimum Gasteiger partial charge on any atom is -0.469 e. The summed E-state index contributed by atoms with van der Waals surface area (Å²) in [5.41, 5.74) is 1.16. The van der Waals surface area contributed by atoms with Gasteiger partial charge in [0.25, 0.3) is 0 Å². The number of rotatable bonds is 6. The highest BCUT2D eigenvalue weighted by Crippen LogP contribution is 2.48. The molecule has 0 saturated heterocycles. The Morgan fingerprint density at radius 2 is 2.04 bits per heavy atom. The topological polar surface area (TPSA) is 68.5 Å². The van der Waals surface area contributed by atoms with Crippen LogP contribution in [0.3, 0.4) is 0 Å². The second-order valence-corrected chi connectivity index (χ2v) is 5.67. The van der Waals surface area contributed by atoms with Crippen molar-refractivity contribution in [3.63, 3.8) is 0 Å². The third-order valence-corrected chi connectivity index (χ3v) is 3.86. The van der Waals surface area contributed by atoms with Crippen LogP contribution in [0, 0.1) is 5.92 Å². The molecular formula is C18H19NO4. The molecule has 2 aromatic rings. The van der Waals surface area contributed by atoms with E-state index < -0.39 is 0 Å². The zero-order valence-electron chi connectivity index (χ0n) is 13.0. The van der Waals surface area contributed by atoms with E-state index >= 15 is 0 Å². The van der Waals surface area contributed by atoms with Crippen molar-refractivity contribution in [2.75, 3.05) is 11.9 Å². The predicted molar refractivity (Wildman–Crippen MR) is 85.2 cm³/mol. The van der Waals surface area contributed by atoms with E-state index in [2.05, 4.69) is 5.32 Å². The van der Waals surface area contributed by atoms with E-state index in [1.165, 1.54) is 0 Å². The molecule has 1 amide bonds. The molecule has 1 aromatic heterocycles. The smallest absolute Gasteiger partial charge is 0.338 e. The van der Waals surface area contributed by atoms with Crippen LogP contribution >= 0.6 is 0 Å². The summed E-state index contributed by atoms with van der Waals surface area (Å²) in [6.07, 6.45) is 3.22. The lowest BCUT2D eigenvalue weighted by molar-refractivity contribution is -0.117. The molecule has 1 N–H and O–H groups in total. The molecule has 0 spiro atoms. The molecule has 3 rings (SSSR count). The summed E-state index contributed by atoms with van der Waals surface area (Å²) in [7, 11) is 0. The second kappa shape index (κ2) is 6.69. The Morgan fingerprint density at radius 3 is 2.70 bits per heavy atom. The number of benzene rings is 1. The van der Waals surface area contributed by atoms with E-state index in [9.17, 15) is 9.59 Å². The molecule has 0 bridgehead atoms. The van der Waals surface area contributed by atoms with Crippen molar-refractivity contribution < 1.29 is 18.7 Å². The van der Waals surface area contributed by atoms with E-state index in [1.807, 2.05) is 19.1 Å². The average molecular weight is 313 g/mol. The van der Waals surface area contributed by atoms with Gasteiger partial charge in [-0.2, -0.15) is 0 Å². The van der Waals surface area contributed by atoms with Crippen molar-refractivity contribution in [1.82, 2.24) is 0 Å². The fourth-order valence-electron chi connectivity index (χ4n) is 2.50. The SMILES string of the molecule is CCCOC(=O)c1ccc(NC(=O)C2CC2c2ccco2)cc1. The molecule has 2 atom stereocenters. The van der Waals surface area contributed by atoms with Gasteiger partial charge < -0.3 is 14.5 Å². The third-order valence-electron chi connectivity index (χ3n) is 3.86. The summed E-state index contributed by atoms with van der Waals surface area (Å²) in [5, 5.41) is 2.87. The van der Waals surface area contributed by atoms with Gasteiger partial charge in [0.2, 0.25) is 5.91 Å². The highest BCUT2D eigenvalue weighted by Gasteiger charge is 2.45. The van der Waals surface area contributed by atoms with E-state index in [-0.39, 0.29) is 23.7 Å². The summed E-state index contributed by atoms with van der Waals surface area (Å²) in [6.45, 7) is 2.35. The van der Waals surface area contributed by atoms with Crippen LogP contribution in [0.2, 0.25) is 0 Å². The van der Waals surface area contributed by atoms with Gasteiger partial charge in [-0.3, -0.25) is 4.79 Å². The lowest BCUT2D eigenvalue weighted by Gasteiger charge is -2.06. The molecule has 1 aromatic carbocycles. The number of nitrogens with one attached hydrogen (secondary N) is 1. The Morgan fingerprint density at radius 1 is 1.26 bits per heavy atom. The van der Waals surface area contributed by atoms with E-state index in [0.717, 1.165) is 18.6 Å². The highest BCUT2D eigenvalue weighted by atomic mass is 16.5. The molecule has 23 heavy (non-hydrogen) atoms. The molecular weight excluding hydrogens is 294 g/mol. The molecule has 1 fully saturated rings. The number of hydrogen-bond donors (Lipinski definition) is 1. The Balaban J connectivity index is 1.54. The summed E-state index contributed by atoms with van der Waals surface area (Å²) in [6, 6.07) is 10.5. The first kappa shape index (κ1) is 15.3. The Kier molecular flexibility index (Phi) is 4.46. The summed E-state index contributed by atoms with van der Waals surface area (Å²) < 4.78 is 10.4. The van der Waals surface area contributed by atoms with Crippen molar-refractivity contribution in [3.05, 3.63) is 54.0 Å². The van der Waals surface area contributed by atoms with Crippen LogP contribution in [-0.2, 0) is 9.53 Å². The van der Waals surface area contributed by atoms with Gasteiger partial charge in [-0.1, -0.05) is 6.92 Å². The molecule has 1 aliphatic carbocycles. The Hall–Kier alpha value is -2.56. The minimum absolute atomic E-state index is 0.0206. The van der Waals surface area contributed by atoms with Crippen molar-refractivity contribution in [1.29, 1.82) is 0 Å². The fourth-order valence-corrected chi connectivity index (χ4v) is 2.50. The summed E-state index contributed by atoms with van der Waals surface area (Å²) in [4.78, 5) is 23.9. The number of esters is 1. The number of furan rings is 1. The zero-order valence-corrected chi connectivity index (χ0v) is 13.0. The number of carbonyl (C=O) groups is 2. The van der Waals surface area contributed by atoms with E-state index in [4.69, 9.17) is 9.15 Å². The minimum atomic E-state index is -0.343. The van der Waals surface area contributed by atoms with Crippen LogP contribution < -0.4 is 5.32 Å². The molecule has 0 aliphatic heterocycles. The van der Waals surface area contributed by atoms with Crippen LogP contribution in [0.4, 0.5) is 5.69 Å². The largest absolute Gasteiger partial charge is 0.469 e. The monoisotopic (exact) mass is 313 g/mol. The summed E-state index contributed by atoms with van der Waals surface area (Å²) in [5.74, 6) is 0.625. The molecule has 5 nitrogen and oxygen atoms in total. The Labute approximate surface area is 134 Å². The zero-order chi connectivity index (χ0) is 16.2. The lowest BCUT2D eigenvalue weighted by Crippen LogP contribution is -2.14. The quantitative estimate of drug-likeness (QED) is 0.828. The van der Waals surface area contributed by atoms with Crippen LogP contribution in [0.15, 0.2) is 47.1 Å². The van der Waals surface area contributed by atoms with Crippen LogP contribution in [0.25, 0.3) is 0 Å². The number of amides is 1. The number of hydrogen-bond acceptors (Lipinski definition) is 4. The van der Waals surface area contributed by atoms with Crippen molar-refractivity contribution >= 4 is 17.6 Å². The van der Waals surface area contributed by atoms with Crippen molar-refractivity contribution in [2.24, 2.45) is 5.92 Å². The van der Waals surface area contributed by atoms with Gasteiger partial charge in [0.1, 0.15) is 5.76 Å². The Bertz CT molecular complexity index is 676. The first-order chi connectivity index (χ1) is 11.2. The van der Waals surface area contributed by atoms with Gasteiger partial charge in [0.05, 0.1) is 18.4 Å². The molecule has 1 heterocycles. The summed E-state index contributed by atoms with van der Waals surface area (Å²) >= 11 is 0. The fraction of sp³-hybridized carbons (Fsp3) is 0.333. The van der Waals surface area contributed by atoms with E-state index in [0.29, 0.717) is 17.9 Å². The molecule has 5 heteroatoms. The molecule has 2 unspecified atom stereocenters. The first-order valence-corrected chi connectivity index (χ1v) is 7.80. The number of ether oxygens (including phenoxy) is 1. The number of anilines is 1. The standard InChI is InChI=1S/C18H19NO4/c1-2-9-23-18(21)12-5-7-13(8-6-12)19-17(20)15-11-14(15)16-4-3-10-22-16/h3-8,10,14-15H,2,9,11H2,1H3,(H,19,20). The third kappa shape index (κ3) is 3.62. The van der Waals surface area contributed by atoms with Crippen LogP contribution in [0.5, 0.6) is 0 Å². The molecule has 1 saturated carbocycles. The first-order valence-electron chi connectivity index (χ1n) is 7.80. The lowest BCUT2D eigenvalue weighted by atomic mass is 10.2. The average Bonchev–Trinajstić information content (AvgIpc) is 3.19. The molecule has 0 radical (unpaired) electrons. The predicted octanol–water partition coefficient (Wildman–Crippen LogP) is 3.59. The van der Waals surface area contributed by atoms with Gasteiger partial charge >= 0.3 is 5.97 Å². The normalized spacial score (nSPS) is 19.2. The maximum absolute atomic E-state index is 12.2. The van der Waals surface area contributed by atoms with Gasteiger partial charge in [0.15, 0.2) is 0 Å². The van der Waals surface area contributed by atoms with Gasteiger partial charge in [-0.25, -0.2) is 4.79 Å². The van der Waals surface area contributed by atoms with Gasteiger partial charge in [0, 0.05) is 17.5 Å². The molecule has 120 valence electrons. The maximum atomic E-state index is 12.2. The maximum Gasteiger partial charge on any atom is 0.338 e. The second-order valence-electron chi connectivity index (χ2n) is 5.67. The van der Waals surface area contributed by atoms with Crippen LogP contribution in [-0.4, -0.2) is 18.5 Å². The molecule has 1 aliphatic rings. The van der Waals surface area contributed by atoms with Crippen molar-refractivity contribution in [2.45, 2.75) is 25.7 Å². The van der Waals surface area contributed by atoms with Crippen molar-refractivity contribution in [3.8, 4) is 0 Å². The van der Waals surface area contributed by atoms with Gasteiger partial charge in [-0.05, 0) is 49.2 Å². The number of carbonyl (C=O) groups excluding carboxylic acids is 2. The highest BCUT2D eigenvalue weighted by molar-refractivity contribution is 5.96. The van der Waals surface area contributed by atoms with Crippen LogP contribution in [0.1, 0.15) is 41.8 Å².